The molecule has 0 radical (unpaired) electrons. The number of phenols is 1. The SMILES string of the molecule is CSCCC(NC(=O)C(N)CC(N)=O)C(=O)NC(Cc1ccc(O)cc1)C(=O)NC(CCC(N)=O)C(=O)O. The number of aliphatic carboxylic acids is 1. The van der Waals surface area contributed by atoms with Crippen molar-refractivity contribution in [3.05, 3.63) is 29.8 Å². The standard InChI is InChI=1S/C23H34N6O8S/c1-38-9-8-15(27-20(33)14(24)11-19(26)32)21(34)29-17(10-12-2-4-13(30)5-3-12)22(35)28-16(23(36)37)6-7-18(25)31/h2-5,14-17,30H,6-11,24H2,1H3,(H2,25,31)(H2,26,32)(H,27,33)(H,28,35)(H,29,34)(H,36,37). The van der Waals surface area contributed by atoms with E-state index in [9.17, 15) is 39.0 Å². The number of hydrogen-bond acceptors (Lipinski definition) is 9. The van der Waals surface area contributed by atoms with Crippen molar-refractivity contribution in [3.63, 3.8) is 0 Å². The number of carboxylic acid groups (broad SMARTS) is 1. The van der Waals surface area contributed by atoms with Gasteiger partial charge in [-0.05, 0) is 42.5 Å². The Morgan fingerprint density at radius 1 is 0.842 bits per heavy atom. The zero-order chi connectivity index (χ0) is 28.8. The van der Waals surface area contributed by atoms with Gasteiger partial charge in [-0.25, -0.2) is 4.79 Å². The van der Waals surface area contributed by atoms with Gasteiger partial charge in [0.05, 0.1) is 12.5 Å². The van der Waals surface area contributed by atoms with Crippen LogP contribution in [0.1, 0.15) is 31.2 Å². The first-order chi connectivity index (χ1) is 17.8. The summed E-state index contributed by atoms with van der Waals surface area (Å²) < 4.78 is 0. The van der Waals surface area contributed by atoms with E-state index in [2.05, 4.69) is 16.0 Å². The summed E-state index contributed by atoms with van der Waals surface area (Å²) in [6.45, 7) is 0. The summed E-state index contributed by atoms with van der Waals surface area (Å²) in [5.74, 6) is -4.92. The maximum absolute atomic E-state index is 13.2. The Labute approximate surface area is 223 Å². The number of rotatable bonds is 17. The molecule has 0 saturated heterocycles. The average molecular weight is 555 g/mol. The molecule has 4 atom stereocenters. The number of phenolic OH excluding ortho intramolecular Hbond substituents is 1. The van der Waals surface area contributed by atoms with Crippen molar-refractivity contribution < 1.29 is 39.0 Å². The molecule has 15 heteroatoms. The van der Waals surface area contributed by atoms with Crippen LogP contribution in [0, 0.1) is 0 Å². The minimum atomic E-state index is -1.45. The molecule has 5 amide bonds. The van der Waals surface area contributed by atoms with Gasteiger partial charge < -0.3 is 43.4 Å². The lowest BCUT2D eigenvalue weighted by atomic mass is 10.0. The molecule has 1 aromatic rings. The van der Waals surface area contributed by atoms with Gasteiger partial charge in [-0.15, -0.1) is 0 Å². The van der Waals surface area contributed by atoms with E-state index in [1.165, 1.54) is 36.0 Å². The molecule has 11 N–H and O–H groups in total. The van der Waals surface area contributed by atoms with Crippen LogP contribution in [0.4, 0.5) is 0 Å². The average Bonchev–Trinajstić information content (AvgIpc) is 2.83. The molecule has 1 rings (SSSR count). The van der Waals surface area contributed by atoms with Crippen molar-refractivity contribution in [3.8, 4) is 5.75 Å². The maximum Gasteiger partial charge on any atom is 0.326 e. The summed E-state index contributed by atoms with van der Waals surface area (Å²) in [6.07, 6.45) is 0.864. The second-order valence-electron chi connectivity index (χ2n) is 8.46. The Morgan fingerprint density at radius 2 is 1.39 bits per heavy atom. The predicted octanol–water partition coefficient (Wildman–Crippen LogP) is -2.30. The van der Waals surface area contributed by atoms with E-state index in [-0.39, 0.29) is 31.4 Å². The van der Waals surface area contributed by atoms with Crippen LogP contribution in [0.2, 0.25) is 0 Å². The van der Waals surface area contributed by atoms with E-state index in [4.69, 9.17) is 17.2 Å². The largest absolute Gasteiger partial charge is 0.508 e. The molecule has 4 unspecified atom stereocenters. The van der Waals surface area contributed by atoms with Crippen LogP contribution in [0.25, 0.3) is 0 Å². The lowest BCUT2D eigenvalue weighted by Gasteiger charge is -2.25. The van der Waals surface area contributed by atoms with Gasteiger partial charge in [-0.2, -0.15) is 11.8 Å². The highest BCUT2D eigenvalue weighted by atomic mass is 32.2. The summed E-state index contributed by atoms with van der Waals surface area (Å²) in [5, 5.41) is 26.3. The van der Waals surface area contributed by atoms with Crippen molar-refractivity contribution >= 4 is 47.3 Å². The van der Waals surface area contributed by atoms with E-state index in [0.717, 1.165) is 0 Å². The van der Waals surface area contributed by atoms with Crippen LogP contribution in [0.3, 0.4) is 0 Å². The van der Waals surface area contributed by atoms with Gasteiger partial charge in [0.1, 0.15) is 23.9 Å². The Hall–Kier alpha value is -3.85. The van der Waals surface area contributed by atoms with Gasteiger partial charge in [0.15, 0.2) is 0 Å². The molecule has 1 aromatic carbocycles. The van der Waals surface area contributed by atoms with Gasteiger partial charge in [-0.3, -0.25) is 24.0 Å². The number of benzene rings is 1. The van der Waals surface area contributed by atoms with Crippen LogP contribution >= 0.6 is 11.8 Å². The molecule has 38 heavy (non-hydrogen) atoms. The number of primary amides is 2. The normalized spacial score (nSPS) is 13.8. The van der Waals surface area contributed by atoms with Gasteiger partial charge in [0.25, 0.3) is 0 Å². The van der Waals surface area contributed by atoms with Crippen LogP contribution < -0.4 is 33.2 Å². The Bertz CT molecular complexity index is 1010. The summed E-state index contributed by atoms with van der Waals surface area (Å²) in [6, 6.07) is 0.618. The topological polar surface area (TPSA) is 257 Å². The molecule has 0 fully saturated rings. The second-order valence-corrected chi connectivity index (χ2v) is 9.44. The number of amides is 5. The zero-order valence-electron chi connectivity index (χ0n) is 20.8. The Balaban J connectivity index is 3.14. The van der Waals surface area contributed by atoms with E-state index in [1.807, 2.05) is 0 Å². The predicted molar refractivity (Wildman–Crippen MR) is 138 cm³/mol. The number of nitrogens with two attached hydrogens (primary N) is 3. The third-order valence-electron chi connectivity index (χ3n) is 5.30. The number of aromatic hydroxyl groups is 1. The van der Waals surface area contributed by atoms with Gasteiger partial charge in [0.2, 0.25) is 29.5 Å². The number of hydrogen-bond donors (Lipinski definition) is 8. The molecule has 0 heterocycles. The molecule has 0 spiro atoms. The van der Waals surface area contributed by atoms with Crippen molar-refractivity contribution in [1.82, 2.24) is 16.0 Å². The summed E-state index contributed by atoms with van der Waals surface area (Å²) in [7, 11) is 0. The van der Waals surface area contributed by atoms with Crippen molar-refractivity contribution in [1.29, 1.82) is 0 Å². The van der Waals surface area contributed by atoms with E-state index >= 15 is 0 Å². The van der Waals surface area contributed by atoms with Gasteiger partial charge in [0, 0.05) is 12.8 Å². The number of carbonyl (C=O) groups excluding carboxylic acids is 5. The van der Waals surface area contributed by atoms with E-state index in [0.29, 0.717) is 11.3 Å². The highest BCUT2D eigenvalue weighted by molar-refractivity contribution is 7.98. The van der Waals surface area contributed by atoms with E-state index < -0.39 is 66.1 Å². The van der Waals surface area contributed by atoms with E-state index in [1.54, 1.807) is 6.26 Å². The molecular weight excluding hydrogens is 520 g/mol. The monoisotopic (exact) mass is 554 g/mol. The quantitative estimate of drug-likeness (QED) is 0.102. The zero-order valence-corrected chi connectivity index (χ0v) is 21.7. The van der Waals surface area contributed by atoms with Crippen LogP contribution in [-0.2, 0) is 35.2 Å². The number of carboxylic acids is 1. The fraction of sp³-hybridized carbons (Fsp3) is 0.478. The molecule has 210 valence electrons. The second kappa shape index (κ2) is 16.1. The number of nitrogens with one attached hydrogen (secondary N) is 3. The minimum Gasteiger partial charge on any atom is -0.508 e. The molecule has 0 aliphatic carbocycles. The molecule has 0 aliphatic rings. The fourth-order valence-electron chi connectivity index (χ4n) is 3.26. The maximum atomic E-state index is 13.2. The Morgan fingerprint density at radius 3 is 1.92 bits per heavy atom. The summed E-state index contributed by atoms with van der Waals surface area (Å²) in [4.78, 5) is 72.4. The van der Waals surface area contributed by atoms with Crippen molar-refractivity contribution in [2.45, 2.75) is 56.3 Å². The summed E-state index contributed by atoms with van der Waals surface area (Å²) >= 11 is 1.40. The Kier molecular flexibility index (Phi) is 13.6. The van der Waals surface area contributed by atoms with Crippen molar-refractivity contribution in [2.24, 2.45) is 17.2 Å². The molecule has 0 aliphatic heterocycles. The molecular formula is C23H34N6O8S. The van der Waals surface area contributed by atoms with Crippen LogP contribution in [0.15, 0.2) is 24.3 Å². The molecule has 14 nitrogen and oxygen atoms in total. The molecule has 0 aromatic heterocycles. The fourth-order valence-corrected chi connectivity index (χ4v) is 3.73. The highest BCUT2D eigenvalue weighted by Crippen LogP contribution is 2.12. The third kappa shape index (κ3) is 11.9. The van der Waals surface area contributed by atoms with Crippen LogP contribution in [0.5, 0.6) is 5.75 Å². The number of thioether (sulfide) groups is 1. The first kappa shape index (κ1) is 32.2. The molecule has 0 bridgehead atoms. The van der Waals surface area contributed by atoms with Gasteiger partial charge >= 0.3 is 5.97 Å². The first-order valence-electron chi connectivity index (χ1n) is 11.6. The van der Waals surface area contributed by atoms with Gasteiger partial charge in [-0.1, -0.05) is 12.1 Å². The lowest BCUT2D eigenvalue weighted by Crippen LogP contribution is -2.58. The lowest BCUT2D eigenvalue weighted by molar-refractivity contribution is -0.142. The smallest absolute Gasteiger partial charge is 0.326 e. The van der Waals surface area contributed by atoms with Crippen LogP contribution in [-0.4, -0.2) is 81.9 Å². The summed E-state index contributed by atoms with van der Waals surface area (Å²) in [5.41, 5.74) is 16.4. The molecule has 0 saturated carbocycles. The first-order valence-corrected chi connectivity index (χ1v) is 13.0. The highest BCUT2D eigenvalue weighted by Gasteiger charge is 2.30. The minimum absolute atomic E-state index is 0.0247. The van der Waals surface area contributed by atoms with Crippen molar-refractivity contribution in [2.75, 3.05) is 12.0 Å². The number of carbonyl (C=O) groups is 6. The third-order valence-corrected chi connectivity index (χ3v) is 5.95.